The molecule has 0 radical (unpaired) electrons. The molecule has 0 aromatic carbocycles. The summed E-state index contributed by atoms with van der Waals surface area (Å²) >= 11 is 0. The Morgan fingerprint density at radius 3 is 2.84 bits per heavy atom. The summed E-state index contributed by atoms with van der Waals surface area (Å²) in [6, 6.07) is 3.72. The Kier molecular flexibility index (Phi) is 4.95. The lowest BCUT2D eigenvalue weighted by Crippen LogP contribution is -2.11. The fraction of sp³-hybridized carbons (Fsp3) is 0.467. The Balaban J connectivity index is 1.88. The molecule has 0 saturated heterocycles. The maximum absolute atomic E-state index is 11.2. The zero-order chi connectivity index (χ0) is 13.5. The fourth-order valence-corrected chi connectivity index (χ4v) is 2.09. The second-order valence-electron chi connectivity index (χ2n) is 4.54. The number of aromatic nitrogens is 1. The van der Waals surface area contributed by atoms with E-state index in [1.807, 2.05) is 12.1 Å². The third kappa shape index (κ3) is 4.39. The van der Waals surface area contributed by atoms with Crippen molar-refractivity contribution in [3.63, 3.8) is 0 Å². The molecule has 102 valence electrons. The Labute approximate surface area is 113 Å². The fourth-order valence-electron chi connectivity index (χ4n) is 2.09. The Morgan fingerprint density at radius 1 is 1.42 bits per heavy atom. The lowest BCUT2D eigenvalue weighted by atomic mass is 10.2. The van der Waals surface area contributed by atoms with Gasteiger partial charge in [-0.3, -0.25) is 0 Å². The second kappa shape index (κ2) is 6.92. The van der Waals surface area contributed by atoms with Crippen LogP contribution in [-0.4, -0.2) is 23.7 Å². The van der Waals surface area contributed by atoms with Crippen LogP contribution < -0.4 is 4.74 Å². The van der Waals surface area contributed by atoms with Crippen LogP contribution in [0.25, 0.3) is 6.08 Å². The predicted octanol–water partition coefficient (Wildman–Crippen LogP) is 2.98. The molecule has 0 N–H and O–H groups in total. The van der Waals surface area contributed by atoms with Crippen LogP contribution in [0, 0.1) is 0 Å². The molecule has 1 fully saturated rings. The van der Waals surface area contributed by atoms with Crippen LogP contribution in [0.15, 0.2) is 24.4 Å². The van der Waals surface area contributed by atoms with Gasteiger partial charge in [-0.05, 0) is 50.3 Å². The van der Waals surface area contributed by atoms with Gasteiger partial charge in [0, 0.05) is 18.3 Å². The average Bonchev–Trinajstić information content (AvgIpc) is 2.91. The lowest BCUT2D eigenvalue weighted by molar-refractivity contribution is -0.137. The predicted molar refractivity (Wildman–Crippen MR) is 72.8 cm³/mol. The third-order valence-corrected chi connectivity index (χ3v) is 3.05. The zero-order valence-corrected chi connectivity index (χ0v) is 11.2. The first-order valence-electron chi connectivity index (χ1n) is 6.75. The topological polar surface area (TPSA) is 48.4 Å². The summed E-state index contributed by atoms with van der Waals surface area (Å²) in [6.45, 7) is 2.16. The third-order valence-electron chi connectivity index (χ3n) is 3.05. The van der Waals surface area contributed by atoms with Gasteiger partial charge in [-0.15, -0.1) is 0 Å². The van der Waals surface area contributed by atoms with Gasteiger partial charge in [-0.2, -0.15) is 0 Å². The Morgan fingerprint density at radius 2 is 2.21 bits per heavy atom. The molecular weight excluding hydrogens is 242 g/mol. The minimum atomic E-state index is -0.339. The van der Waals surface area contributed by atoms with Gasteiger partial charge in [-0.25, -0.2) is 9.78 Å². The van der Waals surface area contributed by atoms with Crippen LogP contribution >= 0.6 is 0 Å². The quantitative estimate of drug-likeness (QED) is 0.604. The standard InChI is InChI=1S/C15H19NO3/c1-2-18-15(17)10-8-12-7-9-14(16-11-12)19-13-5-3-4-6-13/h7-11,13H,2-6H2,1H3/b10-8+. The van der Waals surface area contributed by atoms with Crippen LogP contribution in [0.1, 0.15) is 38.2 Å². The van der Waals surface area contributed by atoms with Crippen molar-refractivity contribution in [3.8, 4) is 5.88 Å². The molecule has 0 atom stereocenters. The maximum atomic E-state index is 11.2. The minimum Gasteiger partial charge on any atom is -0.474 e. The van der Waals surface area contributed by atoms with E-state index in [4.69, 9.17) is 9.47 Å². The van der Waals surface area contributed by atoms with Gasteiger partial charge in [0.2, 0.25) is 5.88 Å². The van der Waals surface area contributed by atoms with E-state index in [9.17, 15) is 4.79 Å². The molecule has 1 aromatic rings. The van der Waals surface area contributed by atoms with Crippen LogP contribution in [0.5, 0.6) is 5.88 Å². The van der Waals surface area contributed by atoms with Crippen molar-refractivity contribution in [2.75, 3.05) is 6.61 Å². The first-order valence-corrected chi connectivity index (χ1v) is 6.75. The number of ether oxygens (including phenoxy) is 2. The van der Waals surface area contributed by atoms with Crippen molar-refractivity contribution in [1.29, 1.82) is 0 Å². The molecule has 1 aromatic heterocycles. The molecule has 0 unspecified atom stereocenters. The summed E-state index contributed by atoms with van der Waals surface area (Å²) in [6.07, 6.45) is 9.81. The van der Waals surface area contributed by atoms with Crippen molar-refractivity contribution < 1.29 is 14.3 Å². The molecular formula is C15H19NO3. The minimum absolute atomic E-state index is 0.313. The van der Waals surface area contributed by atoms with E-state index >= 15 is 0 Å². The molecule has 1 saturated carbocycles. The van der Waals surface area contributed by atoms with E-state index in [1.165, 1.54) is 18.9 Å². The number of hydrogen-bond acceptors (Lipinski definition) is 4. The van der Waals surface area contributed by atoms with Gasteiger partial charge in [0.15, 0.2) is 0 Å². The summed E-state index contributed by atoms with van der Waals surface area (Å²) in [7, 11) is 0. The summed E-state index contributed by atoms with van der Waals surface area (Å²) in [5.41, 5.74) is 0.854. The highest BCUT2D eigenvalue weighted by molar-refractivity contribution is 5.86. The maximum Gasteiger partial charge on any atom is 0.330 e. The molecule has 4 nitrogen and oxygen atoms in total. The van der Waals surface area contributed by atoms with Gasteiger partial charge >= 0.3 is 5.97 Å². The van der Waals surface area contributed by atoms with Crippen molar-refractivity contribution in [2.24, 2.45) is 0 Å². The van der Waals surface area contributed by atoms with E-state index in [2.05, 4.69) is 4.98 Å². The van der Waals surface area contributed by atoms with Crippen LogP contribution in [-0.2, 0) is 9.53 Å². The monoisotopic (exact) mass is 261 g/mol. The highest BCUT2D eigenvalue weighted by Crippen LogP contribution is 2.22. The Bertz CT molecular complexity index is 433. The zero-order valence-electron chi connectivity index (χ0n) is 11.2. The molecule has 0 spiro atoms. The summed E-state index contributed by atoms with van der Waals surface area (Å²) in [5, 5.41) is 0. The van der Waals surface area contributed by atoms with Gasteiger partial charge in [0.1, 0.15) is 6.10 Å². The molecule has 2 rings (SSSR count). The smallest absolute Gasteiger partial charge is 0.330 e. The number of esters is 1. The number of pyridine rings is 1. The second-order valence-corrected chi connectivity index (χ2v) is 4.54. The molecule has 1 heterocycles. The Hall–Kier alpha value is -1.84. The highest BCUT2D eigenvalue weighted by Gasteiger charge is 2.16. The van der Waals surface area contributed by atoms with Crippen molar-refractivity contribution in [1.82, 2.24) is 4.98 Å². The molecule has 19 heavy (non-hydrogen) atoms. The largest absolute Gasteiger partial charge is 0.474 e. The summed E-state index contributed by atoms with van der Waals surface area (Å²) in [4.78, 5) is 15.4. The van der Waals surface area contributed by atoms with Gasteiger partial charge < -0.3 is 9.47 Å². The summed E-state index contributed by atoms with van der Waals surface area (Å²) in [5.74, 6) is 0.314. The molecule has 1 aliphatic rings. The van der Waals surface area contributed by atoms with Crippen LogP contribution in [0.3, 0.4) is 0 Å². The van der Waals surface area contributed by atoms with E-state index in [-0.39, 0.29) is 5.97 Å². The van der Waals surface area contributed by atoms with Crippen molar-refractivity contribution >= 4 is 12.0 Å². The van der Waals surface area contributed by atoms with E-state index in [0.717, 1.165) is 18.4 Å². The first kappa shape index (κ1) is 13.6. The average molecular weight is 261 g/mol. The lowest BCUT2D eigenvalue weighted by Gasteiger charge is -2.11. The molecule has 0 bridgehead atoms. The normalized spacial score (nSPS) is 15.8. The molecule has 0 aliphatic heterocycles. The number of rotatable bonds is 5. The van der Waals surface area contributed by atoms with E-state index in [1.54, 1.807) is 19.2 Å². The number of hydrogen-bond donors (Lipinski definition) is 0. The van der Waals surface area contributed by atoms with E-state index < -0.39 is 0 Å². The number of carbonyl (C=O) groups is 1. The SMILES string of the molecule is CCOC(=O)/C=C/c1ccc(OC2CCCC2)nc1. The number of carbonyl (C=O) groups excluding carboxylic acids is 1. The van der Waals surface area contributed by atoms with Gasteiger partial charge in [0.25, 0.3) is 0 Å². The highest BCUT2D eigenvalue weighted by atomic mass is 16.5. The summed E-state index contributed by atoms with van der Waals surface area (Å²) < 4.78 is 10.6. The van der Waals surface area contributed by atoms with Crippen LogP contribution in [0.4, 0.5) is 0 Å². The van der Waals surface area contributed by atoms with E-state index in [0.29, 0.717) is 18.6 Å². The first-order chi connectivity index (χ1) is 9.28. The molecule has 4 heteroatoms. The van der Waals surface area contributed by atoms with Crippen molar-refractivity contribution in [2.45, 2.75) is 38.7 Å². The van der Waals surface area contributed by atoms with Crippen molar-refractivity contribution in [3.05, 3.63) is 30.0 Å². The van der Waals surface area contributed by atoms with Crippen LogP contribution in [0.2, 0.25) is 0 Å². The number of nitrogens with zero attached hydrogens (tertiary/aromatic N) is 1. The molecule has 1 aliphatic carbocycles. The van der Waals surface area contributed by atoms with Gasteiger partial charge in [-0.1, -0.05) is 0 Å². The van der Waals surface area contributed by atoms with Gasteiger partial charge in [0.05, 0.1) is 6.61 Å². The molecule has 0 amide bonds.